The normalized spacial score (nSPS) is 10.1. The average molecular weight is 284 g/mol. The van der Waals surface area contributed by atoms with Gasteiger partial charge in [-0.1, -0.05) is 39.1 Å². The highest BCUT2D eigenvalue weighted by Crippen LogP contribution is 2.32. The van der Waals surface area contributed by atoms with E-state index < -0.39 is 0 Å². The van der Waals surface area contributed by atoms with Gasteiger partial charge in [-0.15, -0.1) is 0 Å². The Morgan fingerprint density at radius 3 is 2.62 bits per heavy atom. The monoisotopic (exact) mass is 282 g/mol. The number of phenols is 1. The summed E-state index contributed by atoms with van der Waals surface area (Å²) < 4.78 is 0. The maximum absolute atomic E-state index is 11.3. The summed E-state index contributed by atoms with van der Waals surface area (Å²) >= 11 is 14.4. The van der Waals surface area contributed by atoms with Gasteiger partial charge in [0.05, 0.1) is 20.9 Å². The van der Waals surface area contributed by atoms with Gasteiger partial charge in [0.25, 0.3) is 0 Å². The minimum atomic E-state index is -0.258. The first kappa shape index (κ1) is 10.8. The van der Waals surface area contributed by atoms with Gasteiger partial charge in [-0.05, 0) is 12.1 Å². The van der Waals surface area contributed by atoms with Crippen LogP contribution in [0.1, 0.15) is 10.4 Å². The van der Waals surface area contributed by atoms with E-state index in [1.165, 1.54) is 12.1 Å². The molecule has 0 aromatic heterocycles. The van der Waals surface area contributed by atoms with Crippen LogP contribution >= 0.6 is 39.1 Å². The molecule has 1 aromatic carbocycles. The van der Waals surface area contributed by atoms with Crippen LogP contribution in [0.3, 0.4) is 0 Å². The molecule has 0 saturated carbocycles. The zero-order valence-electron chi connectivity index (χ0n) is 6.35. The van der Waals surface area contributed by atoms with Crippen LogP contribution in [-0.2, 0) is 0 Å². The molecule has 13 heavy (non-hydrogen) atoms. The Morgan fingerprint density at radius 1 is 1.46 bits per heavy atom. The van der Waals surface area contributed by atoms with Crippen molar-refractivity contribution in [3.05, 3.63) is 27.7 Å². The first-order chi connectivity index (χ1) is 6.07. The first-order valence-corrected chi connectivity index (χ1v) is 5.21. The standard InChI is InChI=1S/C8H5BrCl2O2/c9-3-6(13)7-4(10)1-2-5(12)8(7)11/h1-2,12H,3H2. The number of carbonyl (C=O) groups is 1. The van der Waals surface area contributed by atoms with Crippen molar-refractivity contribution >= 4 is 44.9 Å². The SMILES string of the molecule is O=C(CBr)c1c(Cl)ccc(O)c1Cl. The lowest BCUT2D eigenvalue weighted by Gasteiger charge is -2.05. The van der Waals surface area contributed by atoms with Crippen molar-refractivity contribution in [1.82, 2.24) is 0 Å². The van der Waals surface area contributed by atoms with Gasteiger partial charge < -0.3 is 5.11 Å². The van der Waals surface area contributed by atoms with Gasteiger partial charge in [-0.3, -0.25) is 4.79 Å². The van der Waals surface area contributed by atoms with Gasteiger partial charge in [-0.2, -0.15) is 0 Å². The molecular formula is C8H5BrCl2O2. The van der Waals surface area contributed by atoms with Crippen molar-refractivity contribution in [3.8, 4) is 5.75 Å². The van der Waals surface area contributed by atoms with Gasteiger partial charge in [0.15, 0.2) is 5.78 Å². The van der Waals surface area contributed by atoms with Gasteiger partial charge >= 0.3 is 0 Å². The number of carbonyl (C=O) groups excluding carboxylic acids is 1. The molecule has 0 aliphatic heterocycles. The van der Waals surface area contributed by atoms with E-state index in [-0.39, 0.29) is 32.5 Å². The van der Waals surface area contributed by atoms with Crippen LogP contribution in [0.4, 0.5) is 0 Å². The molecule has 0 heterocycles. The fourth-order valence-corrected chi connectivity index (χ4v) is 1.73. The molecule has 0 aliphatic carbocycles. The minimum absolute atomic E-state index is 0.00282. The Labute approximate surface area is 93.6 Å². The molecule has 0 amide bonds. The van der Waals surface area contributed by atoms with Crippen molar-refractivity contribution in [2.24, 2.45) is 0 Å². The van der Waals surface area contributed by atoms with E-state index >= 15 is 0 Å². The second kappa shape index (κ2) is 4.31. The van der Waals surface area contributed by atoms with E-state index in [0.717, 1.165) is 0 Å². The zero-order valence-corrected chi connectivity index (χ0v) is 9.45. The van der Waals surface area contributed by atoms with Crippen LogP contribution < -0.4 is 0 Å². The molecule has 1 aromatic rings. The molecule has 2 nitrogen and oxygen atoms in total. The fourth-order valence-electron chi connectivity index (χ4n) is 0.864. The summed E-state index contributed by atoms with van der Waals surface area (Å²) in [7, 11) is 0. The van der Waals surface area contributed by atoms with Crippen molar-refractivity contribution in [2.45, 2.75) is 0 Å². The Balaban J connectivity index is 3.33. The molecule has 1 N–H and O–H groups in total. The second-order valence-corrected chi connectivity index (χ2v) is 3.66. The fraction of sp³-hybridized carbons (Fsp3) is 0.125. The van der Waals surface area contributed by atoms with Crippen molar-refractivity contribution in [3.63, 3.8) is 0 Å². The van der Waals surface area contributed by atoms with E-state index in [4.69, 9.17) is 23.2 Å². The number of alkyl halides is 1. The second-order valence-electron chi connectivity index (χ2n) is 2.31. The third kappa shape index (κ3) is 2.16. The first-order valence-electron chi connectivity index (χ1n) is 3.34. The third-order valence-electron chi connectivity index (χ3n) is 1.47. The van der Waals surface area contributed by atoms with Gasteiger partial charge in [-0.25, -0.2) is 0 Å². The highest BCUT2D eigenvalue weighted by molar-refractivity contribution is 9.09. The lowest BCUT2D eigenvalue weighted by Crippen LogP contribution is -2.01. The molecule has 0 spiro atoms. The molecule has 1 rings (SSSR count). The maximum atomic E-state index is 11.3. The lowest BCUT2D eigenvalue weighted by atomic mass is 10.1. The number of rotatable bonds is 2. The Kier molecular flexibility index (Phi) is 3.59. The van der Waals surface area contributed by atoms with E-state index in [1.807, 2.05) is 0 Å². The number of benzene rings is 1. The summed E-state index contributed by atoms with van der Waals surface area (Å²) in [6, 6.07) is 2.77. The van der Waals surface area contributed by atoms with Crippen molar-refractivity contribution < 1.29 is 9.90 Å². The predicted molar refractivity (Wildman–Crippen MR) is 56.3 cm³/mol. The highest BCUT2D eigenvalue weighted by atomic mass is 79.9. The van der Waals surface area contributed by atoms with Gasteiger partial charge in [0.2, 0.25) is 0 Å². The predicted octanol–water partition coefficient (Wildman–Crippen LogP) is 3.28. The average Bonchev–Trinajstić information content (AvgIpc) is 2.12. The van der Waals surface area contributed by atoms with Crippen molar-refractivity contribution in [2.75, 3.05) is 5.33 Å². The summed E-state index contributed by atoms with van der Waals surface area (Å²) in [4.78, 5) is 11.3. The lowest BCUT2D eigenvalue weighted by molar-refractivity contribution is 0.102. The molecule has 0 fully saturated rings. The van der Waals surface area contributed by atoms with Crippen LogP contribution in [0, 0.1) is 0 Å². The zero-order chi connectivity index (χ0) is 10.0. The number of aromatic hydroxyl groups is 1. The largest absolute Gasteiger partial charge is 0.506 e. The van der Waals surface area contributed by atoms with Gasteiger partial charge in [0, 0.05) is 0 Å². The smallest absolute Gasteiger partial charge is 0.176 e. The van der Waals surface area contributed by atoms with Crippen LogP contribution in [0.15, 0.2) is 12.1 Å². The van der Waals surface area contributed by atoms with Crippen LogP contribution in [0.5, 0.6) is 5.75 Å². The van der Waals surface area contributed by atoms with Crippen LogP contribution in [-0.4, -0.2) is 16.2 Å². The number of ketones is 1. The summed E-state index contributed by atoms with van der Waals surface area (Å²) in [6.07, 6.45) is 0. The minimum Gasteiger partial charge on any atom is -0.506 e. The number of hydrogen-bond donors (Lipinski definition) is 1. The Hall–Kier alpha value is -0.250. The molecule has 70 valence electrons. The summed E-state index contributed by atoms with van der Waals surface area (Å²) in [5, 5.41) is 9.57. The topological polar surface area (TPSA) is 37.3 Å². The summed E-state index contributed by atoms with van der Waals surface area (Å²) in [5.74, 6) is -0.402. The third-order valence-corrected chi connectivity index (χ3v) is 2.68. The quantitative estimate of drug-likeness (QED) is 0.668. The van der Waals surface area contributed by atoms with E-state index in [9.17, 15) is 9.90 Å². The summed E-state index contributed by atoms with van der Waals surface area (Å²) in [5.41, 5.74) is 0.153. The molecule has 5 heteroatoms. The van der Waals surface area contributed by atoms with Crippen LogP contribution in [0.25, 0.3) is 0 Å². The number of halogens is 3. The molecule has 0 unspecified atom stereocenters. The molecule has 0 atom stereocenters. The molecule has 0 bridgehead atoms. The van der Waals surface area contributed by atoms with Crippen molar-refractivity contribution in [1.29, 1.82) is 0 Å². The Bertz CT molecular complexity index is 352. The number of phenolic OH excluding ortho intramolecular Hbond substituents is 1. The Morgan fingerprint density at radius 2 is 2.08 bits per heavy atom. The maximum Gasteiger partial charge on any atom is 0.176 e. The van der Waals surface area contributed by atoms with Gasteiger partial charge in [0.1, 0.15) is 5.75 Å². The van der Waals surface area contributed by atoms with Crippen LogP contribution in [0.2, 0.25) is 10.0 Å². The number of Topliss-reactive ketones (excluding diaryl/α,β-unsaturated/α-hetero) is 1. The molecule has 0 radical (unpaired) electrons. The molecule has 0 aliphatic rings. The molecule has 0 saturated heterocycles. The van der Waals surface area contributed by atoms with E-state index in [0.29, 0.717) is 0 Å². The highest BCUT2D eigenvalue weighted by Gasteiger charge is 2.16. The number of hydrogen-bond acceptors (Lipinski definition) is 2. The van der Waals surface area contributed by atoms with E-state index in [1.54, 1.807) is 0 Å². The van der Waals surface area contributed by atoms with E-state index in [2.05, 4.69) is 15.9 Å². The molecular weight excluding hydrogens is 279 g/mol. The summed E-state index contributed by atoms with van der Waals surface area (Å²) in [6.45, 7) is 0.